The van der Waals surface area contributed by atoms with E-state index in [2.05, 4.69) is 19.2 Å². The molecule has 1 aromatic rings. The predicted molar refractivity (Wildman–Crippen MR) is 77.3 cm³/mol. The van der Waals surface area contributed by atoms with E-state index >= 15 is 0 Å². The topological polar surface area (TPSA) is 23.8 Å². The highest BCUT2D eigenvalue weighted by Crippen LogP contribution is 2.16. The van der Waals surface area contributed by atoms with Gasteiger partial charge < -0.3 is 0 Å². The van der Waals surface area contributed by atoms with Gasteiger partial charge in [-0.1, -0.05) is 42.5 Å². The molecule has 0 saturated heterocycles. The Morgan fingerprint density at radius 2 is 2.00 bits per heavy atom. The second-order valence-corrected chi connectivity index (χ2v) is 4.70. The zero-order chi connectivity index (χ0) is 13.7. The summed E-state index contributed by atoms with van der Waals surface area (Å²) < 4.78 is 0. The second-order valence-electron chi connectivity index (χ2n) is 4.70. The molecule has 0 radical (unpaired) electrons. The van der Waals surface area contributed by atoms with Crippen molar-refractivity contribution in [1.82, 2.24) is 0 Å². The van der Waals surface area contributed by atoms with Crippen molar-refractivity contribution < 1.29 is 0 Å². The molecule has 0 spiro atoms. The first-order valence-corrected chi connectivity index (χ1v) is 5.95. The van der Waals surface area contributed by atoms with E-state index in [0.29, 0.717) is 0 Å². The summed E-state index contributed by atoms with van der Waals surface area (Å²) in [4.78, 5) is 0. The first-order chi connectivity index (χ1) is 8.43. The molecule has 0 unspecified atom stereocenters. The maximum Gasteiger partial charge on any atom is 0.0994 e. The number of allylic oxidation sites excluding steroid dienone is 4. The van der Waals surface area contributed by atoms with Crippen LogP contribution < -0.4 is 0 Å². The zero-order valence-electron chi connectivity index (χ0n) is 11.4. The van der Waals surface area contributed by atoms with Gasteiger partial charge in [-0.15, -0.1) is 0 Å². The molecule has 0 amide bonds. The molecule has 0 aromatic heterocycles. The van der Waals surface area contributed by atoms with E-state index in [4.69, 9.17) is 5.26 Å². The number of aryl methyl sites for hydroxylation is 1. The SMILES string of the molecule is C=C(/C=C(/C)C(=C)C)Cc1ccc(C)c(C#N)c1. The highest BCUT2D eigenvalue weighted by Gasteiger charge is 2.01. The Hall–Kier alpha value is -2.07. The third-order valence-corrected chi connectivity index (χ3v) is 2.95. The molecule has 0 N–H and O–H groups in total. The first-order valence-electron chi connectivity index (χ1n) is 5.95. The normalized spacial score (nSPS) is 10.9. The van der Waals surface area contributed by atoms with Gasteiger partial charge in [0.2, 0.25) is 0 Å². The lowest BCUT2D eigenvalue weighted by Gasteiger charge is -2.06. The van der Waals surface area contributed by atoms with Crippen LogP contribution in [0, 0.1) is 18.3 Å². The van der Waals surface area contributed by atoms with Crippen molar-refractivity contribution in [2.45, 2.75) is 27.2 Å². The molecule has 1 nitrogen and oxygen atoms in total. The fraction of sp³-hybridized carbons (Fsp3) is 0.235. The van der Waals surface area contributed by atoms with Gasteiger partial charge in [-0.25, -0.2) is 0 Å². The summed E-state index contributed by atoms with van der Waals surface area (Å²) in [5, 5.41) is 9.00. The lowest BCUT2D eigenvalue weighted by molar-refractivity contribution is 1.18. The van der Waals surface area contributed by atoms with E-state index in [9.17, 15) is 0 Å². The summed E-state index contributed by atoms with van der Waals surface area (Å²) in [6.07, 6.45) is 2.81. The molecule has 0 aliphatic rings. The molecule has 92 valence electrons. The molecule has 0 heterocycles. The van der Waals surface area contributed by atoms with Crippen LogP contribution in [0.25, 0.3) is 0 Å². The Labute approximate surface area is 110 Å². The van der Waals surface area contributed by atoms with Gasteiger partial charge in [-0.05, 0) is 50.0 Å². The Kier molecular flexibility index (Phi) is 4.68. The van der Waals surface area contributed by atoms with E-state index in [1.54, 1.807) is 0 Å². The van der Waals surface area contributed by atoms with Gasteiger partial charge in [0.15, 0.2) is 0 Å². The van der Waals surface area contributed by atoms with Crippen molar-refractivity contribution in [3.05, 3.63) is 70.8 Å². The number of nitrogens with zero attached hydrogens (tertiary/aromatic N) is 1. The minimum atomic E-state index is 0.737. The molecule has 0 bridgehead atoms. The molecular weight excluding hydrogens is 218 g/mol. The maximum absolute atomic E-state index is 9.00. The van der Waals surface area contributed by atoms with Crippen molar-refractivity contribution in [3.63, 3.8) is 0 Å². The van der Waals surface area contributed by atoms with Crippen LogP contribution in [-0.4, -0.2) is 0 Å². The Morgan fingerprint density at radius 1 is 1.33 bits per heavy atom. The number of hydrogen-bond acceptors (Lipinski definition) is 1. The van der Waals surface area contributed by atoms with Crippen molar-refractivity contribution in [1.29, 1.82) is 5.26 Å². The fourth-order valence-corrected chi connectivity index (χ4v) is 1.64. The number of hydrogen-bond donors (Lipinski definition) is 0. The standard InChI is InChI=1S/C17H19N/c1-12(2)15(5)8-13(3)9-16-7-6-14(4)17(10-16)11-18/h6-8,10H,1,3,9H2,2,4-5H3/b15-8-. The van der Waals surface area contributed by atoms with Gasteiger partial charge in [0.05, 0.1) is 11.6 Å². The van der Waals surface area contributed by atoms with E-state index < -0.39 is 0 Å². The molecule has 1 aromatic carbocycles. The summed E-state index contributed by atoms with van der Waals surface area (Å²) in [7, 11) is 0. The Morgan fingerprint density at radius 3 is 2.56 bits per heavy atom. The molecule has 0 aliphatic heterocycles. The third-order valence-electron chi connectivity index (χ3n) is 2.95. The van der Waals surface area contributed by atoms with Crippen LogP contribution in [-0.2, 0) is 6.42 Å². The summed E-state index contributed by atoms with van der Waals surface area (Å²) in [5.74, 6) is 0. The molecule has 1 heteroatoms. The summed E-state index contributed by atoms with van der Waals surface area (Å²) >= 11 is 0. The van der Waals surface area contributed by atoms with Crippen molar-refractivity contribution in [2.75, 3.05) is 0 Å². The van der Waals surface area contributed by atoms with Gasteiger partial charge in [-0.2, -0.15) is 5.26 Å². The summed E-state index contributed by atoms with van der Waals surface area (Å²) in [6.45, 7) is 13.9. The number of rotatable bonds is 4. The Balaban J connectivity index is 2.87. The lowest BCUT2D eigenvalue weighted by atomic mass is 9.99. The van der Waals surface area contributed by atoms with Crippen LogP contribution >= 0.6 is 0 Å². The van der Waals surface area contributed by atoms with Crippen molar-refractivity contribution in [3.8, 4) is 6.07 Å². The van der Waals surface area contributed by atoms with Gasteiger partial charge in [0.1, 0.15) is 0 Å². The van der Waals surface area contributed by atoms with Crippen LogP contribution in [0.5, 0.6) is 0 Å². The average molecular weight is 237 g/mol. The minimum absolute atomic E-state index is 0.737. The summed E-state index contributed by atoms with van der Waals surface area (Å²) in [6, 6.07) is 8.17. The maximum atomic E-state index is 9.00. The van der Waals surface area contributed by atoms with E-state index in [0.717, 1.165) is 39.8 Å². The third kappa shape index (κ3) is 3.75. The molecule has 0 saturated carbocycles. The second kappa shape index (κ2) is 6.02. The van der Waals surface area contributed by atoms with Gasteiger partial charge in [0.25, 0.3) is 0 Å². The van der Waals surface area contributed by atoms with Crippen LogP contribution in [0.2, 0.25) is 0 Å². The lowest BCUT2D eigenvalue weighted by Crippen LogP contribution is -1.91. The summed E-state index contributed by atoms with van der Waals surface area (Å²) in [5.41, 5.74) is 6.10. The largest absolute Gasteiger partial charge is 0.192 e. The monoisotopic (exact) mass is 237 g/mol. The van der Waals surface area contributed by atoms with Crippen LogP contribution in [0.4, 0.5) is 0 Å². The Bertz CT molecular complexity index is 553. The van der Waals surface area contributed by atoms with Crippen LogP contribution in [0.1, 0.15) is 30.5 Å². The van der Waals surface area contributed by atoms with Crippen LogP contribution in [0.3, 0.4) is 0 Å². The molecule has 1 rings (SSSR count). The van der Waals surface area contributed by atoms with Crippen molar-refractivity contribution in [2.24, 2.45) is 0 Å². The molecule has 0 fully saturated rings. The van der Waals surface area contributed by atoms with Gasteiger partial charge >= 0.3 is 0 Å². The van der Waals surface area contributed by atoms with E-state index in [-0.39, 0.29) is 0 Å². The molecule has 0 atom stereocenters. The smallest absolute Gasteiger partial charge is 0.0994 e. The number of benzene rings is 1. The van der Waals surface area contributed by atoms with Crippen molar-refractivity contribution >= 4 is 0 Å². The minimum Gasteiger partial charge on any atom is -0.192 e. The fourth-order valence-electron chi connectivity index (χ4n) is 1.64. The van der Waals surface area contributed by atoms with Gasteiger partial charge in [0, 0.05) is 0 Å². The molecule has 18 heavy (non-hydrogen) atoms. The average Bonchev–Trinajstić information content (AvgIpc) is 2.31. The highest BCUT2D eigenvalue weighted by molar-refractivity contribution is 5.42. The highest BCUT2D eigenvalue weighted by atomic mass is 14.2. The van der Waals surface area contributed by atoms with Gasteiger partial charge in [-0.3, -0.25) is 0 Å². The quantitative estimate of drug-likeness (QED) is 0.708. The molecular formula is C17H19N. The van der Waals surface area contributed by atoms with E-state index in [1.807, 2.05) is 45.0 Å². The van der Waals surface area contributed by atoms with E-state index in [1.165, 1.54) is 0 Å². The molecule has 0 aliphatic carbocycles. The first kappa shape index (κ1) is 14.0. The number of nitriles is 1. The zero-order valence-corrected chi connectivity index (χ0v) is 11.4. The van der Waals surface area contributed by atoms with Crippen LogP contribution in [0.15, 0.2) is 54.2 Å². The predicted octanol–water partition coefficient (Wildman–Crippen LogP) is 4.49.